The fraction of sp³-hybridized carbons (Fsp3) is 0.105. The Balaban J connectivity index is 1.84. The molecule has 0 amide bonds. The molecule has 0 unspecified atom stereocenters. The Labute approximate surface area is 168 Å². The van der Waals surface area contributed by atoms with Crippen molar-refractivity contribution in [3.63, 3.8) is 0 Å². The van der Waals surface area contributed by atoms with E-state index in [0.29, 0.717) is 17.5 Å². The molecule has 3 rings (SSSR count). The molecule has 2 aromatic carbocycles. The number of allylic oxidation sites excluding steroid dienone is 1. The fourth-order valence-electron chi connectivity index (χ4n) is 2.31. The van der Waals surface area contributed by atoms with Crippen LogP contribution in [0, 0.1) is 5.82 Å². The van der Waals surface area contributed by atoms with Gasteiger partial charge in [-0.2, -0.15) is 0 Å². The van der Waals surface area contributed by atoms with Crippen molar-refractivity contribution in [3.8, 4) is 0 Å². The van der Waals surface area contributed by atoms with E-state index in [0.717, 1.165) is 15.7 Å². The number of anilines is 2. The molecular weight excluding hydrogens is 431 g/mol. The molecule has 1 aromatic heterocycles. The van der Waals surface area contributed by atoms with Gasteiger partial charge in [-0.05, 0) is 35.9 Å². The van der Waals surface area contributed by atoms with Crippen LogP contribution in [-0.2, 0) is 12.3 Å². The van der Waals surface area contributed by atoms with E-state index >= 15 is 0 Å². The molecule has 0 bridgehead atoms. The Morgan fingerprint density at radius 1 is 1.22 bits per heavy atom. The predicted octanol–water partition coefficient (Wildman–Crippen LogP) is 4.76. The van der Waals surface area contributed by atoms with E-state index in [2.05, 4.69) is 38.0 Å². The highest BCUT2D eigenvalue weighted by atomic mass is 79.9. The first kappa shape index (κ1) is 19.3. The Kier molecular flexibility index (Phi) is 6.41. The van der Waals surface area contributed by atoms with Gasteiger partial charge in [-0.25, -0.2) is 4.39 Å². The lowest BCUT2D eigenvalue weighted by Gasteiger charge is -2.11. The highest BCUT2D eigenvalue weighted by Crippen LogP contribution is 2.21. The van der Waals surface area contributed by atoms with Gasteiger partial charge in [0.15, 0.2) is 5.16 Å². The molecule has 27 heavy (non-hydrogen) atoms. The van der Waals surface area contributed by atoms with Crippen LogP contribution in [0.1, 0.15) is 5.56 Å². The molecule has 0 saturated heterocycles. The zero-order chi connectivity index (χ0) is 19.2. The van der Waals surface area contributed by atoms with Gasteiger partial charge in [-0.3, -0.25) is 9.36 Å². The van der Waals surface area contributed by atoms with Crippen LogP contribution >= 0.6 is 27.7 Å². The standard InChI is InChI=1S/C19H16BrFN4OS/c1-2-10-25-18(26)17(22-16-5-3-4-14(20)11-16)23-24-19(25)27-12-13-6-8-15(21)9-7-13/h2-9,11H,1,10,12H2,(H,22,23). The van der Waals surface area contributed by atoms with Crippen LogP contribution in [0.3, 0.4) is 0 Å². The molecule has 138 valence electrons. The molecule has 0 fully saturated rings. The van der Waals surface area contributed by atoms with E-state index in [1.165, 1.54) is 28.5 Å². The molecule has 5 nitrogen and oxygen atoms in total. The van der Waals surface area contributed by atoms with Crippen LogP contribution in [0.25, 0.3) is 0 Å². The summed E-state index contributed by atoms with van der Waals surface area (Å²) >= 11 is 4.75. The highest BCUT2D eigenvalue weighted by molar-refractivity contribution is 9.10. The molecule has 0 aliphatic carbocycles. The van der Waals surface area contributed by atoms with Gasteiger partial charge in [0.1, 0.15) is 5.82 Å². The third-order valence-corrected chi connectivity index (χ3v) is 5.13. The van der Waals surface area contributed by atoms with Crippen molar-refractivity contribution in [1.29, 1.82) is 0 Å². The summed E-state index contributed by atoms with van der Waals surface area (Å²) in [5, 5.41) is 11.7. The van der Waals surface area contributed by atoms with E-state index in [9.17, 15) is 9.18 Å². The average molecular weight is 447 g/mol. The topological polar surface area (TPSA) is 59.8 Å². The van der Waals surface area contributed by atoms with E-state index in [1.807, 2.05) is 24.3 Å². The van der Waals surface area contributed by atoms with E-state index in [4.69, 9.17) is 0 Å². The predicted molar refractivity (Wildman–Crippen MR) is 110 cm³/mol. The van der Waals surface area contributed by atoms with Crippen LogP contribution < -0.4 is 10.9 Å². The molecule has 8 heteroatoms. The van der Waals surface area contributed by atoms with Crippen molar-refractivity contribution in [2.45, 2.75) is 17.5 Å². The molecule has 0 saturated carbocycles. The maximum Gasteiger partial charge on any atom is 0.297 e. The number of benzene rings is 2. The first-order chi connectivity index (χ1) is 13.1. The summed E-state index contributed by atoms with van der Waals surface area (Å²) in [7, 11) is 0. The molecule has 0 aliphatic rings. The summed E-state index contributed by atoms with van der Waals surface area (Å²) in [6.45, 7) is 4.02. The minimum absolute atomic E-state index is 0.140. The number of rotatable bonds is 7. The lowest BCUT2D eigenvalue weighted by atomic mass is 10.2. The van der Waals surface area contributed by atoms with Crippen LogP contribution in [0.4, 0.5) is 15.9 Å². The SMILES string of the molecule is C=CCn1c(SCc2ccc(F)cc2)nnc(Nc2cccc(Br)c2)c1=O. The maximum absolute atomic E-state index is 13.0. The zero-order valence-corrected chi connectivity index (χ0v) is 16.6. The lowest BCUT2D eigenvalue weighted by Crippen LogP contribution is -2.26. The number of nitrogens with one attached hydrogen (secondary N) is 1. The minimum Gasteiger partial charge on any atom is -0.334 e. The highest BCUT2D eigenvalue weighted by Gasteiger charge is 2.12. The maximum atomic E-state index is 13.0. The van der Waals surface area contributed by atoms with Crippen LogP contribution in [0.15, 0.2) is 75.6 Å². The smallest absolute Gasteiger partial charge is 0.297 e. The third kappa shape index (κ3) is 5.05. The van der Waals surface area contributed by atoms with Crippen molar-refractivity contribution in [2.24, 2.45) is 0 Å². The van der Waals surface area contributed by atoms with Crippen LogP contribution in [0.5, 0.6) is 0 Å². The Morgan fingerprint density at radius 2 is 2.00 bits per heavy atom. The molecular formula is C19H16BrFN4OS. The number of nitrogens with zero attached hydrogens (tertiary/aromatic N) is 3. The van der Waals surface area contributed by atoms with Crippen molar-refractivity contribution in [3.05, 3.63) is 87.4 Å². The second-order valence-electron chi connectivity index (χ2n) is 5.59. The quantitative estimate of drug-likeness (QED) is 0.418. The molecule has 0 atom stereocenters. The first-order valence-corrected chi connectivity index (χ1v) is 9.83. The van der Waals surface area contributed by atoms with Gasteiger partial charge < -0.3 is 5.32 Å². The molecule has 1 heterocycles. The van der Waals surface area contributed by atoms with Crippen molar-refractivity contribution in [2.75, 3.05) is 5.32 Å². The summed E-state index contributed by atoms with van der Waals surface area (Å²) in [4.78, 5) is 12.8. The summed E-state index contributed by atoms with van der Waals surface area (Å²) in [5.74, 6) is 0.403. The summed E-state index contributed by atoms with van der Waals surface area (Å²) < 4.78 is 15.4. The van der Waals surface area contributed by atoms with Gasteiger partial charge in [0, 0.05) is 22.5 Å². The Bertz CT molecular complexity index is 1010. The number of halogens is 2. The summed E-state index contributed by atoms with van der Waals surface area (Å²) in [6, 6.07) is 13.6. The van der Waals surface area contributed by atoms with E-state index in [1.54, 1.807) is 18.2 Å². The Morgan fingerprint density at radius 3 is 2.70 bits per heavy atom. The number of aromatic nitrogens is 3. The van der Waals surface area contributed by atoms with Crippen molar-refractivity contribution >= 4 is 39.2 Å². The largest absolute Gasteiger partial charge is 0.334 e. The van der Waals surface area contributed by atoms with E-state index < -0.39 is 0 Å². The molecule has 1 N–H and O–H groups in total. The number of thioether (sulfide) groups is 1. The van der Waals surface area contributed by atoms with Gasteiger partial charge in [0.05, 0.1) is 0 Å². The Hall–Kier alpha value is -2.45. The fourth-order valence-corrected chi connectivity index (χ4v) is 3.61. The molecule has 0 radical (unpaired) electrons. The summed E-state index contributed by atoms with van der Waals surface area (Å²) in [5.41, 5.74) is 1.37. The van der Waals surface area contributed by atoms with Crippen molar-refractivity contribution in [1.82, 2.24) is 14.8 Å². The number of hydrogen-bond acceptors (Lipinski definition) is 5. The van der Waals surface area contributed by atoms with Gasteiger partial charge in [0.2, 0.25) is 5.82 Å². The van der Waals surface area contributed by atoms with Gasteiger partial charge in [-0.15, -0.1) is 16.8 Å². The van der Waals surface area contributed by atoms with Gasteiger partial charge >= 0.3 is 0 Å². The van der Waals surface area contributed by atoms with E-state index in [-0.39, 0.29) is 17.2 Å². The normalized spacial score (nSPS) is 10.6. The molecule has 0 aliphatic heterocycles. The number of hydrogen-bond donors (Lipinski definition) is 1. The molecule has 0 spiro atoms. The summed E-state index contributed by atoms with van der Waals surface area (Å²) in [6.07, 6.45) is 1.63. The molecule has 3 aromatic rings. The zero-order valence-electron chi connectivity index (χ0n) is 14.2. The second-order valence-corrected chi connectivity index (χ2v) is 7.44. The van der Waals surface area contributed by atoms with Crippen LogP contribution in [-0.4, -0.2) is 14.8 Å². The minimum atomic E-state index is -0.286. The average Bonchev–Trinajstić information content (AvgIpc) is 2.66. The second kappa shape index (κ2) is 8.96. The first-order valence-electron chi connectivity index (χ1n) is 8.05. The lowest BCUT2D eigenvalue weighted by molar-refractivity contribution is 0.625. The van der Waals surface area contributed by atoms with Crippen molar-refractivity contribution < 1.29 is 4.39 Å². The monoisotopic (exact) mass is 446 g/mol. The van der Waals surface area contributed by atoms with Crippen LogP contribution in [0.2, 0.25) is 0 Å². The third-order valence-electron chi connectivity index (χ3n) is 3.59. The van der Waals surface area contributed by atoms with Gasteiger partial charge in [-0.1, -0.05) is 52.0 Å². The van der Waals surface area contributed by atoms with Gasteiger partial charge in [0.25, 0.3) is 5.56 Å².